The molecular formula is C13H23N. The van der Waals surface area contributed by atoms with E-state index in [1.165, 1.54) is 38.5 Å². The fourth-order valence-corrected chi connectivity index (χ4v) is 2.07. The lowest BCUT2D eigenvalue weighted by molar-refractivity contribution is 0.506. The minimum atomic E-state index is 0.650. The fourth-order valence-electron chi connectivity index (χ4n) is 2.07. The molecule has 0 radical (unpaired) electrons. The predicted molar refractivity (Wildman–Crippen MR) is 63.4 cm³/mol. The maximum atomic E-state index is 3.77. The third-order valence-electron chi connectivity index (χ3n) is 3.02. The molecule has 1 rings (SSSR count). The van der Waals surface area contributed by atoms with E-state index in [1.54, 1.807) is 5.57 Å². The van der Waals surface area contributed by atoms with Crippen molar-refractivity contribution in [3.63, 3.8) is 0 Å². The Kier molecular flexibility index (Phi) is 5.62. The van der Waals surface area contributed by atoms with E-state index < -0.39 is 0 Å². The van der Waals surface area contributed by atoms with Gasteiger partial charge < -0.3 is 5.32 Å². The van der Waals surface area contributed by atoms with Gasteiger partial charge in [-0.1, -0.05) is 17.7 Å². The Morgan fingerprint density at radius 3 is 3.00 bits per heavy atom. The summed E-state index contributed by atoms with van der Waals surface area (Å²) < 4.78 is 0. The second-order valence-electron chi connectivity index (χ2n) is 4.16. The molecular weight excluding hydrogens is 170 g/mol. The van der Waals surface area contributed by atoms with Crippen LogP contribution in [0.2, 0.25) is 0 Å². The van der Waals surface area contributed by atoms with Crippen LogP contribution in [0.15, 0.2) is 24.3 Å². The van der Waals surface area contributed by atoms with Gasteiger partial charge in [0.1, 0.15) is 0 Å². The number of hydrogen-bond donors (Lipinski definition) is 1. The molecule has 0 aromatic rings. The third kappa shape index (κ3) is 4.10. The molecule has 0 fully saturated rings. The zero-order valence-corrected chi connectivity index (χ0v) is 9.39. The predicted octanol–water partition coefficient (Wildman–Crippen LogP) is 3.43. The van der Waals surface area contributed by atoms with E-state index in [2.05, 4.69) is 25.0 Å². The normalized spacial score (nSPS) is 18.8. The first kappa shape index (κ1) is 11.5. The molecule has 0 aromatic heterocycles. The van der Waals surface area contributed by atoms with Gasteiger partial charge in [-0.05, 0) is 52.0 Å². The maximum absolute atomic E-state index is 3.77. The van der Waals surface area contributed by atoms with Gasteiger partial charge in [-0.15, -0.1) is 6.58 Å². The standard InChI is InChI=1S/C13H23N/c1-3-4-10-13(14-2)11-12-8-6-5-7-9-12/h3,8,13-14H,1,4-7,9-11H2,2H3. The van der Waals surface area contributed by atoms with Gasteiger partial charge in [0.15, 0.2) is 0 Å². The number of nitrogens with one attached hydrogen (secondary N) is 1. The Morgan fingerprint density at radius 2 is 2.43 bits per heavy atom. The highest BCUT2D eigenvalue weighted by Gasteiger charge is 2.10. The zero-order valence-electron chi connectivity index (χ0n) is 9.39. The van der Waals surface area contributed by atoms with Crippen LogP contribution in [-0.2, 0) is 0 Å². The highest BCUT2D eigenvalue weighted by atomic mass is 14.9. The number of allylic oxidation sites excluding steroid dienone is 2. The lowest BCUT2D eigenvalue weighted by Crippen LogP contribution is -2.25. The van der Waals surface area contributed by atoms with Crippen molar-refractivity contribution in [2.24, 2.45) is 0 Å². The quantitative estimate of drug-likeness (QED) is 0.637. The van der Waals surface area contributed by atoms with Crippen LogP contribution in [-0.4, -0.2) is 13.1 Å². The van der Waals surface area contributed by atoms with Crippen molar-refractivity contribution < 1.29 is 0 Å². The Bertz CT molecular complexity index is 193. The van der Waals surface area contributed by atoms with Crippen LogP contribution < -0.4 is 5.32 Å². The van der Waals surface area contributed by atoms with E-state index in [0.717, 1.165) is 6.42 Å². The zero-order chi connectivity index (χ0) is 10.2. The van der Waals surface area contributed by atoms with Gasteiger partial charge in [0, 0.05) is 6.04 Å². The molecule has 0 bridgehead atoms. The summed E-state index contributed by atoms with van der Waals surface area (Å²) in [7, 11) is 2.07. The van der Waals surface area contributed by atoms with Gasteiger partial charge in [-0.2, -0.15) is 0 Å². The van der Waals surface area contributed by atoms with Gasteiger partial charge in [0.2, 0.25) is 0 Å². The highest BCUT2D eigenvalue weighted by molar-refractivity contribution is 5.07. The van der Waals surface area contributed by atoms with Crippen molar-refractivity contribution in [3.05, 3.63) is 24.3 Å². The minimum Gasteiger partial charge on any atom is -0.317 e. The van der Waals surface area contributed by atoms with Crippen molar-refractivity contribution in [1.29, 1.82) is 0 Å². The van der Waals surface area contributed by atoms with Crippen molar-refractivity contribution in [2.75, 3.05) is 7.05 Å². The molecule has 1 nitrogen and oxygen atoms in total. The Morgan fingerprint density at radius 1 is 1.57 bits per heavy atom. The first-order chi connectivity index (χ1) is 6.86. The smallest absolute Gasteiger partial charge is 0.0104 e. The topological polar surface area (TPSA) is 12.0 Å². The average molecular weight is 193 g/mol. The summed E-state index contributed by atoms with van der Waals surface area (Å²) in [5, 5.41) is 3.40. The molecule has 0 aromatic carbocycles. The van der Waals surface area contributed by atoms with Crippen LogP contribution in [0.3, 0.4) is 0 Å². The summed E-state index contributed by atoms with van der Waals surface area (Å²) in [5.74, 6) is 0. The Hall–Kier alpha value is -0.560. The highest BCUT2D eigenvalue weighted by Crippen LogP contribution is 2.22. The Balaban J connectivity index is 2.30. The van der Waals surface area contributed by atoms with Crippen LogP contribution in [0.25, 0.3) is 0 Å². The molecule has 0 saturated heterocycles. The Labute approximate surface area is 88.3 Å². The molecule has 0 spiro atoms. The molecule has 0 heterocycles. The summed E-state index contributed by atoms with van der Waals surface area (Å²) in [4.78, 5) is 0. The van der Waals surface area contributed by atoms with E-state index in [0.29, 0.717) is 6.04 Å². The van der Waals surface area contributed by atoms with E-state index in [-0.39, 0.29) is 0 Å². The van der Waals surface area contributed by atoms with E-state index >= 15 is 0 Å². The molecule has 80 valence electrons. The van der Waals surface area contributed by atoms with E-state index in [1.807, 2.05) is 6.08 Å². The second kappa shape index (κ2) is 6.83. The largest absolute Gasteiger partial charge is 0.317 e. The summed E-state index contributed by atoms with van der Waals surface area (Å²) in [5.41, 5.74) is 1.67. The number of rotatable bonds is 6. The summed E-state index contributed by atoms with van der Waals surface area (Å²) in [6, 6.07) is 0.650. The van der Waals surface area contributed by atoms with Crippen LogP contribution in [0.1, 0.15) is 44.9 Å². The molecule has 14 heavy (non-hydrogen) atoms. The third-order valence-corrected chi connectivity index (χ3v) is 3.02. The number of hydrogen-bond acceptors (Lipinski definition) is 1. The minimum absolute atomic E-state index is 0.650. The van der Waals surface area contributed by atoms with Gasteiger partial charge in [0.25, 0.3) is 0 Å². The fraction of sp³-hybridized carbons (Fsp3) is 0.692. The van der Waals surface area contributed by atoms with Crippen LogP contribution in [0, 0.1) is 0 Å². The molecule has 1 N–H and O–H groups in total. The van der Waals surface area contributed by atoms with Gasteiger partial charge in [0.05, 0.1) is 0 Å². The molecule has 1 aliphatic rings. The molecule has 1 unspecified atom stereocenters. The molecule has 1 atom stereocenters. The maximum Gasteiger partial charge on any atom is 0.0104 e. The SMILES string of the molecule is C=CCCC(CC1=CCCCC1)NC. The average Bonchev–Trinajstić information content (AvgIpc) is 2.25. The molecule has 0 aliphatic heterocycles. The van der Waals surface area contributed by atoms with Crippen molar-refractivity contribution >= 4 is 0 Å². The first-order valence-corrected chi connectivity index (χ1v) is 5.83. The van der Waals surface area contributed by atoms with E-state index in [9.17, 15) is 0 Å². The lowest BCUT2D eigenvalue weighted by atomic mass is 9.93. The summed E-state index contributed by atoms with van der Waals surface area (Å²) >= 11 is 0. The van der Waals surface area contributed by atoms with Gasteiger partial charge >= 0.3 is 0 Å². The summed E-state index contributed by atoms with van der Waals surface area (Å²) in [6.45, 7) is 3.77. The van der Waals surface area contributed by atoms with Crippen LogP contribution in [0.5, 0.6) is 0 Å². The van der Waals surface area contributed by atoms with Crippen LogP contribution in [0.4, 0.5) is 0 Å². The van der Waals surface area contributed by atoms with Crippen molar-refractivity contribution in [3.8, 4) is 0 Å². The van der Waals surface area contributed by atoms with E-state index in [4.69, 9.17) is 0 Å². The van der Waals surface area contributed by atoms with Crippen molar-refractivity contribution in [1.82, 2.24) is 5.32 Å². The molecule has 0 saturated carbocycles. The second-order valence-corrected chi connectivity index (χ2v) is 4.16. The molecule has 1 heteroatoms. The molecule has 0 amide bonds. The summed E-state index contributed by atoms with van der Waals surface area (Å²) in [6.07, 6.45) is 13.4. The van der Waals surface area contributed by atoms with Gasteiger partial charge in [-0.3, -0.25) is 0 Å². The van der Waals surface area contributed by atoms with Crippen LogP contribution >= 0.6 is 0 Å². The first-order valence-electron chi connectivity index (χ1n) is 5.83. The molecule has 1 aliphatic carbocycles. The monoisotopic (exact) mass is 193 g/mol. The van der Waals surface area contributed by atoms with Gasteiger partial charge in [-0.25, -0.2) is 0 Å². The lowest BCUT2D eigenvalue weighted by Gasteiger charge is -2.19. The van der Waals surface area contributed by atoms with Crippen molar-refractivity contribution in [2.45, 2.75) is 51.0 Å².